The number of aliphatic hydroxyl groups is 1. The van der Waals surface area contributed by atoms with Crippen LogP contribution in [-0.2, 0) is 6.61 Å². The second-order valence-electron chi connectivity index (χ2n) is 3.48. The summed E-state index contributed by atoms with van der Waals surface area (Å²) in [5.41, 5.74) is 0.833. The zero-order valence-corrected chi connectivity index (χ0v) is 10.4. The summed E-state index contributed by atoms with van der Waals surface area (Å²) in [6, 6.07) is 12.2. The Morgan fingerprint density at radius 3 is 2.29 bits per heavy atom. The highest BCUT2D eigenvalue weighted by Crippen LogP contribution is 2.31. The fourth-order valence-electron chi connectivity index (χ4n) is 1.35. The van der Waals surface area contributed by atoms with Crippen LogP contribution in [0.15, 0.2) is 42.5 Å². The van der Waals surface area contributed by atoms with E-state index in [0.29, 0.717) is 21.5 Å². The van der Waals surface area contributed by atoms with E-state index in [2.05, 4.69) is 0 Å². The number of hydrogen-bond donors (Lipinski definition) is 1. The van der Waals surface area contributed by atoms with Crippen LogP contribution in [0.5, 0.6) is 11.5 Å². The monoisotopic (exact) mass is 268 g/mol. The predicted octanol–water partition coefficient (Wildman–Crippen LogP) is 4.28. The molecule has 0 spiro atoms. The number of rotatable bonds is 3. The molecule has 4 heteroatoms. The van der Waals surface area contributed by atoms with Crippen LogP contribution in [0.1, 0.15) is 5.56 Å². The minimum atomic E-state index is 0.0159. The molecule has 0 atom stereocenters. The first-order chi connectivity index (χ1) is 8.19. The second-order valence-corrected chi connectivity index (χ2v) is 4.32. The van der Waals surface area contributed by atoms with Gasteiger partial charge in [0.1, 0.15) is 11.5 Å². The zero-order valence-electron chi connectivity index (χ0n) is 8.86. The predicted molar refractivity (Wildman–Crippen MR) is 68.9 cm³/mol. The Hall–Kier alpha value is -1.22. The molecule has 1 N–H and O–H groups in total. The Morgan fingerprint density at radius 1 is 1.00 bits per heavy atom. The van der Waals surface area contributed by atoms with Gasteiger partial charge in [0.05, 0.1) is 11.6 Å². The van der Waals surface area contributed by atoms with E-state index in [1.54, 1.807) is 42.5 Å². The van der Waals surface area contributed by atoms with Crippen molar-refractivity contribution < 1.29 is 9.84 Å². The Bertz CT molecular complexity index is 509. The lowest BCUT2D eigenvalue weighted by molar-refractivity contribution is 0.281. The average molecular weight is 269 g/mol. The summed E-state index contributed by atoms with van der Waals surface area (Å²) < 4.78 is 5.59. The number of halogens is 2. The van der Waals surface area contributed by atoms with Gasteiger partial charge < -0.3 is 9.84 Å². The van der Waals surface area contributed by atoms with Crippen molar-refractivity contribution in [2.75, 3.05) is 0 Å². The molecule has 0 aromatic heterocycles. The van der Waals surface area contributed by atoms with Gasteiger partial charge in [-0.05, 0) is 35.9 Å². The Labute approximate surface area is 109 Å². The number of benzene rings is 2. The average Bonchev–Trinajstić information content (AvgIpc) is 2.34. The van der Waals surface area contributed by atoms with E-state index in [-0.39, 0.29) is 6.61 Å². The first kappa shape index (κ1) is 12.2. The molecule has 2 aromatic carbocycles. The van der Waals surface area contributed by atoms with Crippen LogP contribution in [0.2, 0.25) is 10.0 Å². The lowest BCUT2D eigenvalue weighted by Gasteiger charge is -2.08. The summed E-state index contributed by atoms with van der Waals surface area (Å²) in [4.78, 5) is 0. The molecule has 2 aromatic rings. The van der Waals surface area contributed by atoms with Gasteiger partial charge in [0, 0.05) is 5.02 Å². The molecule has 0 fully saturated rings. The molecule has 0 aliphatic rings. The number of ether oxygens (including phenoxy) is 1. The van der Waals surface area contributed by atoms with Gasteiger partial charge in [-0.1, -0.05) is 35.3 Å². The van der Waals surface area contributed by atoms with Gasteiger partial charge in [-0.15, -0.1) is 0 Å². The van der Waals surface area contributed by atoms with Gasteiger partial charge in [-0.2, -0.15) is 0 Å². The SMILES string of the molecule is OCc1ccc(Oc2ccc(Cl)cc2Cl)cc1. The van der Waals surface area contributed by atoms with Crippen LogP contribution in [0.4, 0.5) is 0 Å². The van der Waals surface area contributed by atoms with Crippen LogP contribution in [-0.4, -0.2) is 5.11 Å². The molecular formula is C13H10Cl2O2. The maximum atomic E-state index is 8.92. The van der Waals surface area contributed by atoms with Crippen molar-refractivity contribution >= 4 is 23.2 Å². The number of hydrogen-bond acceptors (Lipinski definition) is 2. The lowest BCUT2D eigenvalue weighted by Crippen LogP contribution is -1.87. The van der Waals surface area contributed by atoms with Crippen molar-refractivity contribution in [1.82, 2.24) is 0 Å². The van der Waals surface area contributed by atoms with Crippen molar-refractivity contribution in [2.45, 2.75) is 6.61 Å². The largest absolute Gasteiger partial charge is 0.456 e. The van der Waals surface area contributed by atoms with Crippen LogP contribution in [0.3, 0.4) is 0 Å². The maximum absolute atomic E-state index is 8.92. The maximum Gasteiger partial charge on any atom is 0.146 e. The van der Waals surface area contributed by atoms with E-state index in [0.717, 1.165) is 5.56 Å². The fourth-order valence-corrected chi connectivity index (χ4v) is 1.79. The van der Waals surface area contributed by atoms with Crippen LogP contribution in [0.25, 0.3) is 0 Å². The van der Waals surface area contributed by atoms with Gasteiger partial charge in [0.2, 0.25) is 0 Å². The summed E-state index contributed by atoms with van der Waals surface area (Å²) in [6.07, 6.45) is 0. The summed E-state index contributed by atoms with van der Waals surface area (Å²) in [5.74, 6) is 1.21. The Morgan fingerprint density at radius 2 is 1.71 bits per heavy atom. The topological polar surface area (TPSA) is 29.5 Å². The molecule has 2 rings (SSSR count). The molecule has 2 nitrogen and oxygen atoms in total. The smallest absolute Gasteiger partial charge is 0.146 e. The normalized spacial score (nSPS) is 10.3. The zero-order chi connectivity index (χ0) is 12.3. The molecule has 0 saturated carbocycles. The molecule has 0 bridgehead atoms. The van der Waals surface area contributed by atoms with Crippen molar-refractivity contribution in [1.29, 1.82) is 0 Å². The van der Waals surface area contributed by atoms with E-state index in [9.17, 15) is 0 Å². The van der Waals surface area contributed by atoms with Crippen LogP contribution >= 0.6 is 23.2 Å². The highest BCUT2D eigenvalue weighted by molar-refractivity contribution is 6.35. The molecule has 0 saturated heterocycles. The Kier molecular flexibility index (Phi) is 3.89. The van der Waals surface area contributed by atoms with Gasteiger partial charge in [-0.25, -0.2) is 0 Å². The molecule has 0 radical (unpaired) electrons. The van der Waals surface area contributed by atoms with Crippen molar-refractivity contribution in [2.24, 2.45) is 0 Å². The van der Waals surface area contributed by atoms with E-state index in [1.165, 1.54) is 0 Å². The van der Waals surface area contributed by atoms with Gasteiger partial charge in [0.25, 0.3) is 0 Å². The molecule has 0 aliphatic carbocycles. The first-order valence-electron chi connectivity index (χ1n) is 5.02. The molecular weight excluding hydrogens is 259 g/mol. The van der Waals surface area contributed by atoms with Crippen molar-refractivity contribution in [3.8, 4) is 11.5 Å². The standard InChI is InChI=1S/C13H10Cl2O2/c14-10-3-6-13(12(15)7-10)17-11-4-1-9(8-16)2-5-11/h1-7,16H,8H2. The minimum Gasteiger partial charge on any atom is -0.456 e. The summed E-state index contributed by atoms with van der Waals surface area (Å²) in [5, 5.41) is 9.95. The molecule has 0 amide bonds. The third-order valence-corrected chi connectivity index (χ3v) is 2.76. The molecule has 17 heavy (non-hydrogen) atoms. The van der Waals surface area contributed by atoms with E-state index in [1.807, 2.05) is 0 Å². The molecule has 0 aliphatic heterocycles. The molecule has 0 heterocycles. The van der Waals surface area contributed by atoms with Crippen LogP contribution in [0, 0.1) is 0 Å². The first-order valence-corrected chi connectivity index (χ1v) is 5.77. The quantitative estimate of drug-likeness (QED) is 0.901. The second kappa shape index (κ2) is 5.41. The molecule has 88 valence electrons. The number of aliphatic hydroxyl groups excluding tert-OH is 1. The summed E-state index contributed by atoms with van der Waals surface area (Å²) in [7, 11) is 0. The van der Waals surface area contributed by atoms with Crippen molar-refractivity contribution in [3.63, 3.8) is 0 Å². The van der Waals surface area contributed by atoms with Gasteiger partial charge in [-0.3, -0.25) is 0 Å². The highest BCUT2D eigenvalue weighted by Gasteiger charge is 2.03. The minimum absolute atomic E-state index is 0.0159. The van der Waals surface area contributed by atoms with Crippen LogP contribution < -0.4 is 4.74 Å². The van der Waals surface area contributed by atoms with E-state index >= 15 is 0 Å². The third-order valence-electron chi connectivity index (χ3n) is 2.23. The van der Waals surface area contributed by atoms with E-state index < -0.39 is 0 Å². The fraction of sp³-hybridized carbons (Fsp3) is 0.0769. The third kappa shape index (κ3) is 3.13. The lowest BCUT2D eigenvalue weighted by atomic mass is 10.2. The Balaban J connectivity index is 2.19. The van der Waals surface area contributed by atoms with Gasteiger partial charge >= 0.3 is 0 Å². The van der Waals surface area contributed by atoms with Gasteiger partial charge in [0.15, 0.2) is 0 Å². The summed E-state index contributed by atoms with van der Waals surface area (Å²) in [6.45, 7) is 0.0159. The summed E-state index contributed by atoms with van der Waals surface area (Å²) >= 11 is 11.8. The molecule has 0 unspecified atom stereocenters. The van der Waals surface area contributed by atoms with Crippen molar-refractivity contribution in [3.05, 3.63) is 58.1 Å². The van der Waals surface area contributed by atoms with E-state index in [4.69, 9.17) is 33.0 Å². The highest BCUT2D eigenvalue weighted by atomic mass is 35.5.